The molecule has 3 aromatic rings. The molecule has 0 bridgehead atoms. The highest BCUT2D eigenvalue weighted by atomic mass is 35.5. The van der Waals surface area contributed by atoms with E-state index in [0.717, 1.165) is 0 Å². The molecule has 1 amide bonds. The molecule has 0 aliphatic rings. The SMILES string of the molecule is NC(=O)c1cn(-c2ccc(Cl)cc2)nc1C(=O)/C(=C\O)N=Nc1ccc(Cl)cc1. The summed E-state index contributed by atoms with van der Waals surface area (Å²) in [5.41, 5.74) is 5.49. The molecule has 0 saturated carbocycles. The molecule has 3 N–H and O–H groups in total. The molecular formula is C19H13Cl2N5O3. The maximum atomic E-state index is 12.8. The molecule has 29 heavy (non-hydrogen) atoms. The number of aromatic nitrogens is 2. The van der Waals surface area contributed by atoms with Crippen LogP contribution < -0.4 is 5.73 Å². The largest absolute Gasteiger partial charge is 0.513 e. The number of nitrogens with two attached hydrogens (primary N) is 1. The van der Waals surface area contributed by atoms with E-state index in [1.165, 1.54) is 10.9 Å². The second-order valence-corrected chi connectivity index (χ2v) is 6.57. The van der Waals surface area contributed by atoms with Crippen molar-refractivity contribution in [2.75, 3.05) is 0 Å². The van der Waals surface area contributed by atoms with E-state index in [9.17, 15) is 14.7 Å². The fourth-order valence-electron chi connectivity index (χ4n) is 2.32. The van der Waals surface area contributed by atoms with Gasteiger partial charge in [-0.2, -0.15) is 10.2 Å². The monoisotopic (exact) mass is 429 g/mol. The van der Waals surface area contributed by atoms with E-state index in [0.29, 0.717) is 27.7 Å². The fourth-order valence-corrected chi connectivity index (χ4v) is 2.57. The molecule has 8 nitrogen and oxygen atoms in total. The highest BCUT2D eigenvalue weighted by molar-refractivity contribution is 6.30. The van der Waals surface area contributed by atoms with Crippen LogP contribution in [0.3, 0.4) is 0 Å². The van der Waals surface area contributed by atoms with Crippen molar-refractivity contribution in [2.24, 2.45) is 16.0 Å². The summed E-state index contributed by atoms with van der Waals surface area (Å²) in [6, 6.07) is 12.9. The van der Waals surface area contributed by atoms with Gasteiger partial charge in [0.1, 0.15) is 12.0 Å². The molecule has 0 aliphatic heterocycles. The minimum absolute atomic E-state index is 0.133. The molecular weight excluding hydrogens is 417 g/mol. The van der Waals surface area contributed by atoms with Gasteiger partial charge in [0.05, 0.1) is 16.9 Å². The number of azo groups is 1. The number of nitrogens with zero attached hydrogens (tertiary/aromatic N) is 4. The number of halogens is 2. The van der Waals surface area contributed by atoms with E-state index in [-0.39, 0.29) is 11.3 Å². The normalized spacial score (nSPS) is 11.7. The summed E-state index contributed by atoms with van der Waals surface area (Å²) in [7, 11) is 0. The summed E-state index contributed by atoms with van der Waals surface area (Å²) in [5.74, 6) is -1.69. The summed E-state index contributed by atoms with van der Waals surface area (Å²) >= 11 is 11.7. The number of ketones is 1. The van der Waals surface area contributed by atoms with Gasteiger partial charge in [0, 0.05) is 16.2 Å². The minimum Gasteiger partial charge on any atom is -0.513 e. The van der Waals surface area contributed by atoms with Crippen LogP contribution in [0.1, 0.15) is 20.8 Å². The van der Waals surface area contributed by atoms with Crippen molar-refractivity contribution in [3.8, 4) is 5.69 Å². The van der Waals surface area contributed by atoms with Crippen LogP contribution in [0, 0.1) is 0 Å². The molecule has 1 aromatic heterocycles. The van der Waals surface area contributed by atoms with Crippen LogP contribution in [-0.4, -0.2) is 26.6 Å². The number of Topliss-reactive ketones (excluding diaryl/α,β-unsaturated/α-hetero) is 1. The fraction of sp³-hybridized carbons (Fsp3) is 0. The number of carbonyl (C=O) groups excluding carboxylic acids is 2. The number of carbonyl (C=O) groups is 2. The van der Waals surface area contributed by atoms with E-state index < -0.39 is 17.4 Å². The first-order valence-corrected chi connectivity index (χ1v) is 8.86. The summed E-state index contributed by atoms with van der Waals surface area (Å²) in [4.78, 5) is 24.6. The van der Waals surface area contributed by atoms with Crippen LogP contribution >= 0.6 is 23.2 Å². The molecule has 0 atom stereocenters. The number of rotatable bonds is 6. The van der Waals surface area contributed by atoms with E-state index in [1.807, 2.05) is 0 Å². The number of hydrogen-bond acceptors (Lipinski definition) is 6. The van der Waals surface area contributed by atoms with Crippen LogP contribution in [0.4, 0.5) is 5.69 Å². The van der Waals surface area contributed by atoms with Crippen LogP contribution in [0.2, 0.25) is 10.0 Å². The first kappa shape index (κ1) is 20.2. The van der Waals surface area contributed by atoms with Gasteiger partial charge < -0.3 is 10.8 Å². The Hall–Kier alpha value is -3.49. The highest BCUT2D eigenvalue weighted by Crippen LogP contribution is 2.21. The number of amides is 1. The van der Waals surface area contributed by atoms with Gasteiger partial charge in [-0.15, -0.1) is 5.11 Å². The molecule has 0 aliphatic carbocycles. The van der Waals surface area contributed by atoms with Crippen molar-refractivity contribution in [3.63, 3.8) is 0 Å². The number of hydrogen-bond donors (Lipinski definition) is 2. The van der Waals surface area contributed by atoms with Gasteiger partial charge in [0.2, 0.25) is 5.78 Å². The van der Waals surface area contributed by atoms with Gasteiger partial charge in [-0.25, -0.2) is 4.68 Å². The van der Waals surface area contributed by atoms with Crippen molar-refractivity contribution in [3.05, 3.63) is 88.0 Å². The maximum Gasteiger partial charge on any atom is 0.252 e. The Morgan fingerprint density at radius 1 is 1.03 bits per heavy atom. The van der Waals surface area contributed by atoms with Gasteiger partial charge in [-0.05, 0) is 48.5 Å². The lowest BCUT2D eigenvalue weighted by Crippen LogP contribution is -2.15. The lowest BCUT2D eigenvalue weighted by atomic mass is 10.1. The number of allylic oxidation sites excluding steroid dienone is 1. The van der Waals surface area contributed by atoms with Crippen molar-refractivity contribution in [1.29, 1.82) is 0 Å². The third-order valence-corrected chi connectivity index (χ3v) is 4.24. The molecule has 3 rings (SSSR count). The van der Waals surface area contributed by atoms with Crippen LogP contribution in [-0.2, 0) is 0 Å². The van der Waals surface area contributed by atoms with E-state index >= 15 is 0 Å². The second-order valence-electron chi connectivity index (χ2n) is 5.70. The van der Waals surface area contributed by atoms with Gasteiger partial charge in [0.25, 0.3) is 5.91 Å². The van der Waals surface area contributed by atoms with Gasteiger partial charge in [-0.3, -0.25) is 9.59 Å². The lowest BCUT2D eigenvalue weighted by Gasteiger charge is -2.01. The van der Waals surface area contributed by atoms with Crippen LogP contribution in [0.25, 0.3) is 5.69 Å². The van der Waals surface area contributed by atoms with Crippen molar-refractivity contribution in [1.82, 2.24) is 9.78 Å². The van der Waals surface area contributed by atoms with Crippen molar-refractivity contribution < 1.29 is 14.7 Å². The molecule has 0 spiro atoms. The number of primary amides is 1. The minimum atomic E-state index is -0.861. The average molecular weight is 430 g/mol. The Morgan fingerprint density at radius 2 is 1.62 bits per heavy atom. The first-order valence-electron chi connectivity index (χ1n) is 8.11. The van der Waals surface area contributed by atoms with Crippen LogP contribution in [0.15, 0.2) is 76.9 Å². The summed E-state index contributed by atoms with van der Waals surface area (Å²) in [6.07, 6.45) is 1.79. The summed E-state index contributed by atoms with van der Waals surface area (Å²) in [5, 5.41) is 22.2. The molecule has 0 radical (unpaired) electrons. The zero-order chi connectivity index (χ0) is 21.0. The van der Waals surface area contributed by atoms with Crippen molar-refractivity contribution in [2.45, 2.75) is 0 Å². The van der Waals surface area contributed by atoms with Gasteiger partial charge in [0.15, 0.2) is 5.70 Å². The smallest absolute Gasteiger partial charge is 0.252 e. The predicted molar refractivity (Wildman–Crippen MR) is 108 cm³/mol. The zero-order valence-corrected chi connectivity index (χ0v) is 16.2. The third kappa shape index (κ3) is 4.68. The predicted octanol–water partition coefficient (Wildman–Crippen LogP) is 4.64. The van der Waals surface area contributed by atoms with E-state index in [2.05, 4.69) is 15.3 Å². The first-order chi connectivity index (χ1) is 13.9. The Kier molecular flexibility index (Phi) is 6.06. The molecule has 1 heterocycles. The van der Waals surface area contributed by atoms with Crippen LogP contribution in [0.5, 0.6) is 0 Å². The topological polar surface area (TPSA) is 123 Å². The Balaban J connectivity index is 1.94. The third-order valence-electron chi connectivity index (χ3n) is 3.74. The summed E-state index contributed by atoms with van der Waals surface area (Å²) in [6.45, 7) is 0. The van der Waals surface area contributed by atoms with E-state index in [1.54, 1.807) is 48.5 Å². The van der Waals surface area contributed by atoms with Crippen molar-refractivity contribution >= 4 is 40.6 Å². The number of benzene rings is 2. The molecule has 2 aromatic carbocycles. The molecule has 0 fully saturated rings. The standard InChI is InChI=1S/C19H13Cl2N5O3/c20-11-1-5-13(6-2-11)23-24-16(10-27)18(28)17-15(19(22)29)9-26(25-17)14-7-3-12(21)4-8-14/h1-10,27H,(H2,22,29)/b16-10+,24-23?. The quantitative estimate of drug-likeness (QED) is 0.256. The zero-order valence-electron chi connectivity index (χ0n) is 14.7. The Labute approximate surface area is 174 Å². The number of aliphatic hydroxyl groups excluding tert-OH is 1. The maximum absolute atomic E-state index is 12.8. The van der Waals surface area contributed by atoms with Gasteiger partial charge in [-0.1, -0.05) is 23.2 Å². The number of aliphatic hydroxyl groups is 1. The second kappa shape index (κ2) is 8.68. The van der Waals surface area contributed by atoms with E-state index in [4.69, 9.17) is 28.9 Å². The van der Waals surface area contributed by atoms with Gasteiger partial charge >= 0.3 is 0 Å². The molecule has 0 saturated heterocycles. The lowest BCUT2D eigenvalue weighted by molar-refractivity contribution is 0.0976. The molecule has 0 unspecified atom stereocenters. The Morgan fingerprint density at radius 3 is 2.17 bits per heavy atom. The molecule has 10 heteroatoms. The average Bonchev–Trinajstić information content (AvgIpc) is 3.16. The Bertz CT molecular complexity index is 1120. The molecule has 146 valence electrons. The summed E-state index contributed by atoms with van der Waals surface area (Å²) < 4.78 is 1.30. The highest BCUT2D eigenvalue weighted by Gasteiger charge is 2.24.